The first kappa shape index (κ1) is 13.0. The van der Waals surface area contributed by atoms with E-state index in [1.54, 1.807) is 0 Å². The molecule has 1 heterocycles. The number of likely N-dealkylation sites (tertiary alicyclic amines) is 1. The van der Waals surface area contributed by atoms with Crippen molar-refractivity contribution in [1.29, 1.82) is 0 Å². The second kappa shape index (κ2) is 5.54. The van der Waals surface area contributed by atoms with E-state index in [1.807, 2.05) is 12.1 Å². The van der Waals surface area contributed by atoms with Gasteiger partial charge >= 0.3 is 0 Å². The Balaban J connectivity index is 1.76. The summed E-state index contributed by atoms with van der Waals surface area (Å²) >= 11 is 0. The van der Waals surface area contributed by atoms with Crippen molar-refractivity contribution in [2.75, 3.05) is 13.1 Å². The van der Waals surface area contributed by atoms with Gasteiger partial charge in [0.1, 0.15) is 5.75 Å². The lowest BCUT2D eigenvalue weighted by Gasteiger charge is -2.28. The number of hydrogen-bond donors (Lipinski definition) is 1. The third-order valence-corrected chi connectivity index (χ3v) is 5.11. The van der Waals surface area contributed by atoms with Crippen molar-refractivity contribution in [2.24, 2.45) is 5.92 Å². The lowest BCUT2D eigenvalue weighted by Crippen LogP contribution is -2.28. The molecule has 0 saturated carbocycles. The van der Waals surface area contributed by atoms with Gasteiger partial charge in [0.15, 0.2) is 0 Å². The standard InChI is InChI=1S/C17H25NO/c1-2-13-5-4-11-18(12-10-13)16-9-8-15-14(16)6-3-7-17(15)19/h3,6-7,13,16,19H,2,4-5,8-12H2,1H3. The first-order chi connectivity index (χ1) is 9.29. The molecule has 2 aliphatic rings. The minimum Gasteiger partial charge on any atom is -0.508 e. The monoisotopic (exact) mass is 259 g/mol. The highest BCUT2D eigenvalue weighted by Crippen LogP contribution is 2.40. The first-order valence-electron chi connectivity index (χ1n) is 7.84. The van der Waals surface area contributed by atoms with Crippen molar-refractivity contribution in [2.45, 2.75) is 51.5 Å². The fraction of sp³-hybridized carbons (Fsp3) is 0.647. The highest BCUT2D eigenvalue weighted by Gasteiger charge is 2.30. The highest BCUT2D eigenvalue weighted by molar-refractivity contribution is 5.44. The normalized spacial score (nSPS) is 28.1. The van der Waals surface area contributed by atoms with Crippen LogP contribution in [0.5, 0.6) is 5.75 Å². The molecule has 2 nitrogen and oxygen atoms in total. The van der Waals surface area contributed by atoms with Gasteiger partial charge in [-0.2, -0.15) is 0 Å². The Hall–Kier alpha value is -1.02. The molecule has 1 aliphatic carbocycles. The number of benzene rings is 1. The zero-order valence-corrected chi connectivity index (χ0v) is 11.9. The number of phenolic OH excluding ortho intramolecular Hbond substituents is 1. The Morgan fingerprint density at radius 1 is 1.21 bits per heavy atom. The quantitative estimate of drug-likeness (QED) is 0.871. The summed E-state index contributed by atoms with van der Waals surface area (Å²) in [6, 6.07) is 6.60. The Labute approximate surface area is 116 Å². The van der Waals surface area contributed by atoms with Crippen molar-refractivity contribution in [3.05, 3.63) is 29.3 Å². The van der Waals surface area contributed by atoms with Crippen LogP contribution in [0.4, 0.5) is 0 Å². The summed E-state index contributed by atoms with van der Waals surface area (Å²) in [5.74, 6) is 1.43. The van der Waals surface area contributed by atoms with E-state index >= 15 is 0 Å². The predicted molar refractivity (Wildman–Crippen MR) is 78.4 cm³/mol. The molecule has 2 atom stereocenters. The third-order valence-electron chi connectivity index (χ3n) is 5.11. The number of nitrogens with zero attached hydrogens (tertiary/aromatic N) is 1. The second-order valence-corrected chi connectivity index (χ2v) is 6.14. The molecule has 1 aromatic rings. The van der Waals surface area contributed by atoms with Crippen molar-refractivity contribution < 1.29 is 5.11 Å². The van der Waals surface area contributed by atoms with E-state index in [0.717, 1.165) is 12.3 Å². The largest absolute Gasteiger partial charge is 0.508 e. The van der Waals surface area contributed by atoms with Crippen LogP contribution >= 0.6 is 0 Å². The van der Waals surface area contributed by atoms with E-state index in [0.29, 0.717) is 11.8 Å². The second-order valence-electron chi connectivity index (χ2n) is 6.14. The van der Waals surface area contributed by atoms with Gasteiger partial charge in [-0.1, -0.05) is 25.5 Å². The Morgan fingerprint density at radius 3 is 2.95 bits per heavy atom. The van der Waals surface area contributed by atoms with Crippen molar-refractivity contribution in [3.8, 4) is 5.75 Å². The zero-order chi connectivity index (χ0) is 13.2. The number of aromatic hydroxyl groups is 1. The molecular formula is C17H25NO. The van der Waals surface area contributed by atoms with E-state index in [4.69, 9.17) is 0 Å². The molecule has 0 spiro atoms. The molecule has 19 heavy (non-hydrogen) atoms. The van der Waals surface area contributed by atoms with Crippen LogP contribution in [0.1, 0.15) is 56.2 Å². The van der Waals surface area contributed by atoms with Crippen LogP contribution in [0.2, 0.25) is 0 Å². The molecule has 1 aliphatic heterocycles. The van der Waals surface area contributed by atoms with Crippen LogP contribution in [0.25, 0.3) is 0 Å². The summed E-state index contributed by atoms with van der Waals surface area (Å²) in [6.07, 6.45) is 7.64. The molecule has 0 radical (unpaired) electrons. The van der Waals surface area contributed by atoms with Crippen LogP contribution in [-0.2, 0) is 6.42 Å². The van der Waals surface area contributed by atoms with Gasteiger partial charge in [-0.3, -0.25) is 4.90 Å². The summed E-state index contributed by atoms with van der Waals surface area (Å²) in [4.78, 5) is 2.67. The smallest absolute Gasteiger partial charge is 0.119 e. The molecule has 2 heteroatoms. The molecule has 3 rings (SSSR count). The van der Waals surface area contributed by atoms with Gasteiger partial charge in [-0.25, -0.2) is 0 Å². The fourth-order valence-corrected chi connectivity index (χ4v) is 3.90. The Morgan fingerprint density at radius 2 is 2.11 bits per heavy atom. The van der Waals surface area contributed by atoms with Crippen LogP contribution in [0.15, 0.2) is 18.2 Å². The molecule has 1 N–H and O–H groups in total. The average molecular weight is 259 g/mol. The Bertz CT molecular complexity index is 443. The summed E-state index contributed by atoms with van der Waals surface area (Å²) in [7, 11) is 0. The van der Waals surface area contributed by atoms with E-state index in [-0.39, 0.29) is 0 Å². The van der Waals surface area contributed by atoms with Gasteiger partial charge in [0, 0.05) is 6.04 Å². The molecular weight excluding hydrogens is 234 g/mol. The molecule has 104 valence electrons. The topological polar surface area (TPSA) is 23.5 Å². The Kier molecular flexibility index (Phi) is 3.79. The summed E-state index contributed by atoms with van der Waals surface area (Å²) < 4.78 is 0. The molecule has 0 aromatic heterocycles. The van der Waals surface area contributed by atoms with Gasteiger partial charge in [0.05, 0.1) is 0 Å². The zero-order valence-electron chi connectivity index (χ0n) is 11.9. The summed E-state index contributed by atoms with van der Waals surface area (Å²) in [5.41, 5.74) is 2.58. The van der Waals surface area contributed by atoms with E-state index in [1.165, 1.54) is 56.3 Å². The highest BCUT2D eigenvalue weighted by atomic mass is 16.3. The maximum atomic E-state index is 9.96. The lowest BCUT2D eigenvalue weighted by molar-refractivity contribution is 0.201. The number of hydrogen-bond acceptors (Lipinski definition) is 2. The molecule has 1 aromatic carbocycles. The van der Waals surface area contributed by atoms with Crippen LogP contribution in [0.3, 0.4) is 0 Å². The van der Waals surface area contributed by atoms with Gasteiger partial charge in [-0.05, 0) is 68.3 Å². The number of phenols is 1. The van der Waals surface area contributed by atoms with Crippen LogP contribution in [0, 0.1) is 5.92 Å². The minimum atomic E-state index is 0.501. The van der Waals surface area contributed by atoms with Gasteiger partial charge in [0.2, 0.25) is 0 Å². The van der Waals surface area contributed by atoms with Gasteiger partial charge in [-0.15, -0.1) is 0 Å². The van der Waals surface area contributed by atoms with Crippen molar-refractivity contribution >= 4 is 0 Å². The first-order valence-corrected chi connectivity index (χ1v) is 7.84. The molecule has 0 bridgehead atoms. The molecule has 0 amide bonds. The van der Waals surface area contributed by atoms with Crippen LogP contribution in [-0.4, -0.2) is 23.1 Å². The fourth-order valence-electron chi connectivity index (χ4n) is 3.90. The average Bonchev–Trinajstić information content (AvgIpc) is 2.71. The van der Waals surface area contributed by atoms with Gasteiger partial charge < -0.3 is 5.11 Å². The molecule has 1 fully saturated rings. The van der Waals surface area contributed by atoms with E-state index in [9.17, 15) is 5.11 Å². The van der Waals surface area contributed by atoms with Crippen LogP contribution < -0.4 is 0 Å². The SMILES string of the molecule is CCC1CCCN(C2CCc3c(O)cccc32)CC1. The lowest BCUT2D eigenvalue weighted by atomic mass is 9.98. The number of rotatable bonds is 2. The third kappa shape index (κ3) is 2.51. The van der Waals surface area contributed by atoms with Crippen molar-refractivity contribution in [3.63, 3.8) is 0 Å². The van der Waals surface area contributed by atoms with E-state index < -0.39 is 0 Å². The minimum absolute atomic E-state index is 0.501. The number of fused-ring (bicyclic) bond motifs is 1. The predicted octanol–water partition coefficient (Wildman–Crippen LogP) is 3.89. The van der Waals surface area contributed by atoms with Crippen molar-refractivity contribution in [1.82, 2.24) is 4.90 Å². The van der Waals surface area contributed by atoms with Gasteiger partial charge in [0.25, 0.3) is 0 Å². The summed E-state index contributed by atoms with van der Waals surface area (Å²) in [6.45, 7) is 4.79. The maximum Gasteiger partial charge on any atom is 0.119 e. The molecule has 2 unspecified atom stereocenters. The van der Waals surface area contributed by atoms with E-state index in [2.05, 4.69) is 17.9 Å². The summed E-state index contributed by atoms with van der Waals surface area (Å²) in [5, 5.41) is 9.96. The molecule has 1 saturated heterocycles. The maximum absolute atomic E-state index is 9.96.